The summed E-state index contributed by atoms with van der Waals surface area (Å²) in [6, 6.07) is 2.11. The van der Waals surface area contributed by atoms with Crippen LogP contribution in [0.2, 0.25) is 0 Å². The molecule has 1 aromatic heterocycles. The molecule has 14 heavy (non-hydrogen) atoms. The molecule has 3 nitrogen and oxygen atoms in total. The van der Waals surface area contributed by atoms with E-state index in [0.29, 0.717) is 0 Å². The first kappa shape index (κ1) is 8.29. The molecule has 0 radical (unpaired) electrons. The lowest BCUT2D eigenvalue weighted by molar-refractivity contribution is 0.195. The Kier molecular flexibility index (Phi) is 1.37. The molecule has 0 unspecified atom stereocenters. The lowest BCUT2D eigenvalue weighted by Crippen LogP contribution is -2.43. The first-order valence-electron chi connectivity index (χ1n) is 4.79. The van der Waals surface area contributed by atoms with Crippen LogP contribution in [-0.2, 0) is 5.54 Å². The molecule has 2 heterocycles. The second-order valence-electron chi connectivity index (χ2n) is 4.12. The molecular weight excluding hydrogens is 196 g/mol. The van der Waals surface area contributed by atoms with Crippen molar-refractivity contribution in [2.45, 2.75) is 25.3 Å². The quantitative estimate of drug-likeness (QED) is 0.698. The molecule has 1 aromatic rings. The number of rotatable bonds is 0. The largest absolute Gasteiger partial charge is 0.322 e. The average Bonchev–Trinajstić information content (AvgIpc) is 2.84. The number of aryl methyl sites for hydroxylation is 1. The Labute approximate surface area is 86.7 Å². The summed E-state index contributed by atoms with van der Waals surface area (Å²) in [7, 11) is 1.89. The van der Waals surface area contributed by atoms with Crippen molar-refractivity contribution in [1.82, 2.24) is 4.90 Å². The van der Waals surface area contributed by atoms with E-state index in [9.17, 15) is 4.79 Å². The number of thiophene rings is 1. The Balaban J connectivity index is 2.18. The second kappa shape index (κ2) is 2.31. The van der Waals surface area contributed by atoms with E-state index in [1.807, 2.05) is 23.3 Å². The Morgan fingerprint density at radius 3 is 2.93 bits per heavy atom. The van der Waals surface area contributed by atoms with Gasteiger partial charge in [-0.25, -0.2) is 4.79 Å². The molecule has 1 N–H and O–H groups in total. The molecule has 1 spiro atoms. The van der Waals surface area contributed by atoms with Gasteiger partial charge < -0.3 is 10.2 Å². The van der Waals surface area contributed by atoms with E-state index in [1.54, 1.807) is 0 Å². The molecule has 0 atom stereocenters. The summed E-state index contributed by atoms with van der Waals surface area (Å²) in [5.74, 6) is 0. The molecule has 4 heteroatoms. The van der Waals surface area contributed by atoms with Crippen LogP contribution in [-0.4, -0.2) is 18.0 Å². The van der Waals surface area contributed by atoms with E-state index in [0.717, 1.165) is 18.5 Å². The Bertz CT molecular complexity index is 420. The van der Waals surface area contributed by atoms with E-state index in [4.69, 9.17) is 0 Å². The molecule has 1 fully saturated rings. The Hall–Kier alpha value is -1.03. The van der Waals surface area contributed by atoms with Crippen LogP contribution in [0.25, 0.3) is 0 Å². The molecule has 3 rings (SSSR count). The number of urea groups is 1. The lowest BCUT2D eigenvalue weighted by atomic mass is 10.1. The van der Waals surface area contributed by atoms with E-state index in [1.165, 1.54) is 9.75 Å². The fourth-order valence-electron chi connectivity index (χ4n) is 2.18. The van der Waals surface area contributed by atoms with Gasteiger partial charge in [-0.2, -0.15) is 0 Å². The minimum absolute atomic E-state index is 0.0350. The van der Waals surface area contributed by atoms with Crippen molar-refractivity contribution in [3.63, 3.8) is 0 Å². The number of nitrogens with zero attached hydrogens (tertiary/aromatic N) is 1. The van der Waals surface area contributed by atoms with Gasteiger partial charge >= 0.3 is 6.03 Å². The smallest absolute Gasteiger partial charge is 0.317 e. The van der Waals surface area contributed by atoms with Crippen LogP contribution in [0.15, 0.2) is 6.07 Å². The maximum Gasteiger partial charge on any atom is 0.322 e. The Morgan fingerprint density at radius 2 is 2.29 bits per heavy atom. The summed E-state index contributed by atoms with van der Waals surface area (Å²) in [4.78, 5) is 16.1. The number of carbonyl (C=O) groups excluding carboxylic acids is 1. The molecule has 74 valence electrons. The van der Waals surface area contributed by atoms with Gasteiger partial charge in [0.25, 0.3) is 0 Å². The molecule has 0 saturated heterocycles. The van der Waals surface area contributed by atoms with Gasteiger partial charge in [0, 0.05) is 11.9 Å². The summed E-state index contributed by atoms with van der Waals surface area (Å²) in [6.07, 6.45) is 2.23. The number of nitrogens with one attached hydrogen (secondary N) is 1. The predicted molar refractivity (Wildman–Crippen MR) is 56.7 cm³/mol. The average molecular weight is 208 g/mol. The zero-order chi connectivity index (χ0) is 9.92. The fraction of sp³-hybridized carbons (Fsp3) is 0.500. The third-order valence-corrected chi connectivity index (χ3v) is 4.43. The van der Waals surface area contributed by atoms with Crippen LogP contribution in [0.4, 0.5) is 10.5 Å². The molecule has 2 amide bonds. The van der Waals surface area contributed by atoms with Gasteiger partial charge in [0.05, 0.1) is 16.1 Å². The Morgan fingerprint density at radius 1 is 1.57 bits per heavy atom. The zero-order valence-electron chi connectivity index (χ0n) is 8.26. The van der Waals surface area contributed by atoms with Gasteiger partial charge in [-0.3, -0.25) is 0 Å². The van der Waals surface area contributed by atoms with Crippen molar-refractivity contribution in [3.8, 4) is 0 Å². The number of anilines is 1. The highest BCUT2D eigenvalue weighted by atomic mass is 32.1. The van der Waals surface area contributed by atoms with Crippen molar-refractivity contribution < 1.29 is 4.79 Å². The maximum atomic E-state index is 11.6. The zero-order valence-corrected chi connectivity index (χ0v) is 9.07. The van der Waals surface area contributed by atoms with Gasteiger partial charge in [-0.15, -0.1) is 11.3 Å². The van der Waals surface area contributed by atoms with Crippen LogP contribution >= 0.6 is 11.3 Å². The highest BCUT2D eigenvalue weighted by molar-refractivity contribution is 7.12. The van der Waals surface area contributed by atoms with E-state index >= 15 is 0 Å². The summed E-state index contributed by atoms with van der Waals surface area (Å²) >= 11 is 1.81. The van der Waals surface area contributed by atoms with Gasteiger partial charge in [0.2, 0.25) is 0 Å². The monoisotopic (exact) mass is 208 g/mol. The van der Waals surface area contributed by atoms with Crippen molar-refractivity contribution in [1.29, 1.82) is 0 Å². The van der Waals surface area contributed by atoms with E-state index in [2.05, 4.69) is 18.3 Å². The van der Waals surface area contributed by atoms with Crippen LogP contribution in [0, 0.1) is 6.92 Å². The van der Waals surface area contributed by atoms with Gasteiger partial charge in [0.15, 0.2) is 0 Å². The van der Waals surface area contributed by atoms with Gasteiger partial charge in [0.1, 0.15) is 0 Å². The predicted octanol–water partition coefficient (Wildman–Crippen LogP) is 2.52. The highest BCUT2D eigenvalue weighted by Gasteiger charge is 2.54. The molecule has 0 bridgehead atoms. The summed E-state index contributed by atoms with van der Waals surface area (Å²) in [6.45, 7) is 2.09. The molecule has 1 saturated carbocycles. The normalized spacial score (nSPS) is 22.1. The minimum Gasteiger partial charge on any atom is -0.317 e. The van der Waals surface area contributed by atoms with Crippen LogP contribution in [0.1, 0.15) is 22.6 Å². The van der Waals surface area contributed by atoms with E-state index < -0.39 is 0 Å². The number of amides is 2. The van der Waals surface area contributed by atoms with Crippen molar-refractivity contribution >= 4 is 23.1 Å². The van der Waals surface area contributed by atoms with Crippen molar-refractivity contribution in [3.05, 3.63) is 15.8 Å². The molecule has 1 aliphatic heterocycles. The first-order valence-corrected chi connectivity index (χ1v) is 5.61. The summed E-state index contributed by atoms with van der Waals surface area (Å²) in [5, 5.41) is 2.92. The number of carbonyl (C=O) groups is 1. The minimum atomic E-state index is 0.0350. The molecule has 1 aliphatic carbocycles. The number of hydrogen-bond acceptors (Lipinski definition) is 2. The third kappa shape index (κ3) is 0.843. The van der Waals surface area contributed by atoms with Crippen LogP contribution < -0.4 is 5.32 Å². The SMILES string of the molecule is Cc1cc2c(s1)C1(CC1)N(C)C(=O)N2. The first-order chi connectivity index (χ1) is 6.63. The van der Waals surface area contributed by atoms with Crippen molar-refractivity contribution in [2.75, 3.05) is 12.4 Å². The molecule has 2 aliphatic rings. The second-order valence-corrected chi connectivity index (χ2v) is 5.38. The van der Waals surface area contributed by atoms with Crippen LogP contribution in [0.3, 0.4) is 0 Å². The molecular formula is C10H12N2OS. The lowest BCUT2D eigenvalue weighted by Gasteiger charge is -2.32. The standard InChI is InChI=1S/C10H12N2OS/c1-6-5-7-8(14-6)10(3-4-10)12(2)9(13)11-7/h5H,3-4H2,1-2H3,(H,11,13). The van der Waals surface area contributed by atoms with E-state index in [-0.39, 0.29) is 11.6 Å². The fourth-order valence-corrected chi connectivity index (χ4v) is 3.43. The summed E-state index contributed by atoms with van der Waals surface area (Å²) < 4.78 is 0. The van der Waals surface area contributed by atoms with Crippen molar-refractivity contribution in [2.24, 2.45) is 0 Å². The number of fused-ring (bicyclic) bond motifs is 2. The third-order valence-electron chi connectivity index (χ3n) is 3.19. The maximum absolute atomic E-state index is 11.6. The molecule has 0 aromatic carbocycles. The highest BCUT2D eigenvalue weighted by Crippen LogP contribution is 2.57. The van der Waals surface area contributed by atoms with Gasteiger partial charge in [-0.05, 0) is 25.8 Å². The number of hydrogen-bond donors (Lipinski definition) is 1. The summed E-state index contributed by atoms with van der Waals surface area (Å²) in [5.41, 5.74) is 1.09. The topological polar surface area (TPSA) is 32.3 Å². The van der Waals surface area contributed by atoms with Gasteiger partial charge in [-0.1, -0.05) is 0 Å². The van der Waals surface area contributed by atoms with Crippen LogP contribution in [0.5, 0.6) is 0 Å².